The molecule has 3 nitrogen and oxygen atoms in total. The number of alkyl halides is 1. The minimum absolute atomic E-state index is 0.0547. The molecule has 1 aromatic carbocycles. The predicted molar refractivity (Wildman–Crippen MR) is 71.9 cm³/mol. The van der Waals surface area contributed by atoms with Crippen molar-refractivity contribution >= 4 is 21.8 Å². The topological polar surface area (TPSA) is 49.3 Å². The summed E-state index contributed by atoms with van der Waals surface area (Å²) in [7, 11) is 0. The number of nitrogens with one attached hydrogen (secondary N) is 1. The molecule has 0 fully saturated rings. The largest absolute Gasteiger partial charge is 0.392 e. The molecule has 4 heteroatoms. The van der Waals surface area contributed by atoms with Gasteiger partial charge in [0.15, 0.2) is 0 Å². The summed E-state index contributed by atoms with van der Waals surface area (Å²) in [6, 6.07) is 7.58. The number of carbonyl (C=O) groups excluding carboxylic acids is 1. The molecule has 94 valence electrons. The summed E-state index contributed by atoms with van der Waals surface area (Å²) in [5, 5.41) is 12.7. The van der Waals surface area contributed by atoms with E-state index in [4.69, 9.17) is 5.11 Å². The van der Waals surface area contributed by atoms with Crippen molar-refractivity contribution in [3.8, 4) is 0 Å². The van der Waals surface area contributed by atoms with E-state index in [1.165, 1.54) is 0 Å². The Morgan fingerprint density at radius 2 is 1.82 bits per heavy atom. The van der Waals surface area contributed by atoms with E-state index in [-0.39, 0.29) is 12.5 Å². The fraction of sp³-hybridized carbons (Fsp3) is 0.462. The minimum atomic E-state index is 0.0547. The molecule has 0 radical (unpaired) electrons. The molecule has 0 bridgehead atoms. The molecule has 17 heavy (non-hydrogen) atoms. The van der Waals surface area contributed by atoms with Gasteiger partial charge in [-0.3, -0.25) is 4.79 Å². The normalized spacial score (nSPS) is 10.2. The lowest BCUT2D eigenvalue weighted by Gasteiger charge is -2.05. The van der Waals surface area contributed by atoms with Crippen LogP contribution in [0.4, 0.5) is 0 Å². The molecule has 0 spiro atoms. The Balaban J connectivity index is 2.27. The minimum Gasteiger partial charge on any atom is -0.392 e. The number of unbranched alkanes of at least 4 members (excludes halogenated alkanes) is 1. The quantitative estimate of drug-likeness (QED) is 0.600. The summed E-state index contributed by atoms with van der Waals surface area (Å²) in [6.07, 6.45) is 2.53. The van der Waals surface area contributed by atoms with Crippen molar-refractivity contribution in [1.82, 2.24) is 5.32 Å². The van der Waals surface area contributed by atoms with Crippen LogP contribution in [-0.4, -0.2) is 16.3 Å². The Hall–Kier alpha value is -0.870. The third kappa shape index (κ3) is 5.84. The van der Waals surface area contributed by atoms with Gasteiger partial charge >= 0.3 is 0 Å². The van der Waals surface area contributed by atoms with Gasteiger partial charge in [0.2, 0.25) is 5.91 Å². The van der Waals surface area contributed by atoms with Gasteiger partial charge in [-0.2, -0.15) is 0 Å². The zero-order valence-corrected chi connectivity index (χ0v) is 11.4. The van der Waals surface area contributed by atoms with E-state index in [9.17, 15) is 4.79 Å². The van der Waals surface area contributed by atoms with Crippen LogP contribution in [0.5, 0.6) is 0 Å². The number of halogens is 1. The molecule has 2 N–H and O–H groups in total. The number of aliphatic hydroxyl groups excluding tert-OH is 1. The lowest BCUT2D eigenvalue weighted by atomic mass is 10.1. The zero-order chi connectivity index (χ0) is 12.5. The molecule has 0 aliphatic heterocycles. The van der Waals surface area contributed by atoms with Crippen molar-refractivity contribution in [2.75, 3.05) is 5.33 Å². The highest BCUT2D eigenvalue weighted by molar-refractivity contribution is 9.09. The predicted octanol–water partition coefficient (Wildman–Crippen LogP) is 2.36. The summed E-state index contributed by atoms with van der Waals surface area (Å²) in [5.41, 5.74) is 1.94. The molecule has 0 aliphatic carbocycles. The number of benzene rings is 1. The highest BCUT2D eigenvalue weighted by Gasteiger charge is 2.00. The summed E-state index contributed by atoms with van der Waals surface area (Å²) in [5.74, 6) is 0.0946. The number of hydrogen-bond acceptors (Lipinski definition) is 2. The van der Waals surface area contributed by atoms with Gasteiger partial charge in [-0.25, -0.2) is 0 Å². The second-order valence-corrected chi connectivity index (χ2v) is 4.69. The number of hydrogen-bond donors (Lipinski definition) is 2. The third-order valence-electron chi connectivity index (χ3n) is 2.48. The van der Waals surface area contributed by atoms with Crippen LogP contribution in [-0.2, 0) is 17.9 Å². The Labute approximate surface area is 110 Å². The maximum absolute atomic E-state index is 11.4. The van der Waals surface area contributed by atoms with E-state index in [2.05, 4.69) is 21.2 Å². The molecule has 0 saturated carbocycles. The van der Waals surface area contributed by atoms with Crippen LogP contribution in [0.3, 0.4) is 0 Å². The van der Waals surface area contributed by atoms with Crippen LogP contribution in [0, 0.1) is 0 Å². The summed E-state index contributed by atoms with van der Waals surface area (Å²) in [6.45, 7) is 0.609. The molecular formula is C13H18BrNO2. The number of aliphatic hydroxyl groups is 1. The third-order valence-corrected chi connectivity index (χ3v) is 3.04. The molecule has 1 aromatic rings. The Bertz CT molecular complexity index is 338. The number of rotatable bonds is 7. The number of carbonyl (C=O) groups is 1. The van der Waals surface area contributed by atoms with Gasteiger partial charge in [-0.15, -0.1) is 0 Å². The van der Waals surface area contributed by atoms with E-state index < -0.39 is 0 Å². The van der Waals surface area contributed by atoms with E-state index >= 15 is 0 Å². The van der Waals surface area contributed by atoms with Crippen LogP contribution >= 0.6 is 15.9 Å². The SMILES string of the molecule is O=C(CCCCBr)NCc1ccc(CO)cc1. The first kappa shape index (κ1) is 14.2. The fourth-order valence-electron chi connectivity index (χ4n) is 1.43. The maximum Gasteiger partial charge on any atom is 0.220 e. The average molecular weight is 300 g/mol. The fourth-order valence-corrected chi connectivity index (χ4v) is 1.83. The molecule has 0 atom stereocenters. The van der Waals surface area contributed by atoms with Gasteiger partial charge in [0.1, 0.15) is 0 Å². The summed E-state index contributed by atoms with van der Waals surface area (Å²) >= 11 is 3.34. The second kappa shape index (κ2) is 8.25. The molecular weight excluding hydrogens is 282 g/mol. The molecule has 0 aromatic heterocycles. The molecule has 1 rings (SSSR count). The van der Waals surface area contributed by atoms with E-state index in [0.29, 0.717) is 13.0 Å². The molecule has 0 heterocycles. The molecule has 0 unspecified atom stereocenters. The van der Waals surface area contributed by atoms with Gasteiger partial charge in [-0.05, 0) is 24.0 Å². The first-order chi connectivity index (χ1) is 8.26. The van der Waals surface area contributed by atoms with Crippen molar-refractivity contribution in [3.05, 3.63) is 35.4 Å². The standard InChI is InChI=1S/C13H18BrNO2/c14-8-2-1-3-13(17)15-9-11-4-6-12(10-16)7-5-11/h4-7,16H,1-3,8-10H2,(H,15,17). The van der Waals surface area contributed by atoms with Crippen LogP contribution in [0.15, 0.2) is 24.3 Å². The van der Waals surface area contributed by atoms with E-state index in [1.54, 1.807) is 0 Å². The first-order valence-electron chi connectivity index (χ1n) is 5.77. The Kier molecular flexibility index (Phi) is 6.89. The summed E-state index contributed by atoms with van der Waals surface area (Å²) in [4.78, 5) is 11.4. The molecule has 1 amide bonds. The van der Waals surface area contributed by atoms with Gasteiger partial charge in [0.25, 0.3) is 0 Å². The molecule has 0 saturated heterocycles. The van der Waals surface area contributed by atoms with E-state index in [0.717, 1.165) is 29.3 Å². The Morgan fingerprint density at radius 3 is 2.41 bits per heavy atom. The number of amides is 1. The van der Waals surface area contributed by atoms with Gasteiger partial charge in [0, 0.05) is 18.3 Å². The van der Waals surface area contributed by atoms with Crippen LogP contribution in [0.1, 0.15) is 30.4 Å². The van der Waals surface area contributed by atoms with Crippen molar-refractivity contribution < 1.29 is 9.90 Å². The maximum atomic E-state index is 11.4. The van der Waals surface area contributed by atoms with Crippen molar-refractivity contribution in [3.63, 3.8) is 0 Å². The highest BCUT2D eigenvalue weighted by Crippen LogP contribution is 2.04. The van der Waals surface area contributed by atoms with Crippen molar-refractivity contribution in [2.24, 2.45) is 0 Å². The first-order valence-corrected chi connectivity index (χ1v) is 6.89. The van der Waals surface area contributed by atoms with Crippen LogP contribution in [0.2, 0.25) is 0 Å². The zero-order valence-electron chi connectivity index (χ0n) is 9.79. The second-order valence-electron chi connectivity index (χ2n) is 3.90. The van der Waals surface area contributed by atoms with Gasteiger partial charge in [-0.1, -0.05) is 40.2 Å². The van der Waals surface area contributed by atoms with Gasteiger partial charge in [0.05, 0.1) is 6.61 Å². The van der Waals surface area contributed by atoms with E-state index in [1.807, 2.05) is 24.3 Å². The summed E-state index contributed by atoms with van der Waals surface area (Å²) < 4.78 is 0. The van der Waals surface area contributed by atoms with Crippen molar-refractivity contribution in [1.29, 1.82) is 0 Å². The lowest BCUT2D eigenvalue weighted by molar-refractivity contribution is -0.121. The highest BCUT2D eigenvalue weighted by atomic mass is 79.9. The molecule has 0 aliphatic rings. The van der Waals surface area contributed by atoms with Crippen LogP contribution < -0.4 is 5.32 Å². The lowest BCUT2D eigenvalue weighted by Crippen LogP contribution is -2.22. The van der Waals surface area contributed by atoms with Crippen molar-refractivity contribution in [2.45, 2.75) is 32.4 Å². The van der Waals surface area contributed by atoms with Crippen LogP contribution in [0.25, 0.3) is 0 Å². The monoisotopic (exact) mass is 299 g/mol. The van der Waals surface area contributed by atoms with Gasteiger partial charge < -0.3 is 10.4 Å². The average Bonchev–Trinajstić information content (AvgIpc) is 2.37. The Morgan fingerprint density at radius 1 is 1.18 bits per heavy atom. The smallest absolute Gasteiger partial charge is 0.220 e.